The van der Waals surface area contributed by atoms with Gasteiger partial charge in [0, 0.05) is 25.1 Å². The van der Waals surface area contributed by atoms with Crippen molar-refractivity contribution in [2.45, 2.75) is 32.2 Å². The zero-order valence-corrected chi connectivity index (χ0v) is 15.0. The highest BCUT2D eigenvalue weighted by Gasteiger charge is 2.24. The molecule has 26 heavy (non-hydrogen) atoms. The Morgan fingerprint density at radius 1 is 1.23 bits per heavy atom. The molecule has 0 saturated carbocycles. The lowest BCUT2D eigenvalue weighted by Crippen LogP contribution is -2.35. The summed E-state index contributed by atoms with van der Waals surface area (Å²) in [6.07, 6.45) is 4.91. The van der Waals surface area contributed by atoms with E-state index in [1.807, 2.05) is 37.3 Å². The van der Waals surface area contributed by atoms with Gasteiger partial charge < -0.3 is 20.3 Å². The topological polar surface area (TPSA) is 66.5 Å². The number of aromatic nitrogens is 1. The second kappa shape index (κ2) is 7.23. The van der Waals surface area contributed by atoms with Crippen LogP contribution >= 0.6 is 0 Å². The molecule has 136 valence electrons. The quantitative estimate of drug-likeness (QED) is 0.885. The van der Waals surface area contributed by atoms with Gasteiger partial charge in [-0.2, -0.15) is 0 Å². The van der Waals surface area contributed by atoms with Crippen molar-refractivity contribution >= 4 is 17.5 Å². The third-order valence-corrected chi connectivity index (χ3v) is 5.01. The number of para-hydroxylation sites is 1. The highest BCUT2D eigenvalue weighted by atomic mass is 16.5. The van der Waals surface area contributed by atoms with Crippen molar-refractivity contribution < 1.29 is 9.53 Å². The minimum Gasteiger partial charge on any atom is -0.493 e. The molecule has 0 bridgehead atoms. The molecule has 2 N–H and O–H groups in total. The average Bonchev–Trinajstić information content (AvgIpc) is 3.18. The molecule has 1 aromatic carbocycles. The van der Waals surface area contributed by atoms with Crippen molar-refractivity contribution in [2.24, 2.45) is 0 Å². The van der Waals surface area contributed by atoms with E-state index in [4.69, 9.17) is 4.74 Å². The number of amides is 2. The Morgan fingerprint density at radius 2 is 2.08 bits per heavy atom. The number of hydrogen-bond donors (Lipinski definition) is 2. The molecule has 3 heterocycles. The van der Waals surface area contributed by atoms with Crippen LogP contribution in [-0.2, 0) is 0 Å². The number of benzene rings is 1. The van der Waals surface area contributed by atoms with Gasteiger partial charge in [0.2, 0.25) is 0 Å². The van der Waals surface area contributed by atoms with Gasteiger partial charge in [-0.1, -0.05) is 18.2 Å². The fraction of sp³-hybridized carbons (Fsp3) is 0.400. The van der Waals surface area contributed by atoms with E-state index in [0.717, 1.165) is 42.2 Å². The van der Waals surface area contributed by atoms with E-state index in [-0.39, 0.29) is 12.1 Å². The predicted octanol–water partition coefficient (Wildman–Crippen LogP) is 3.64. The van der Waals surface area contributed by atoms with Crippen LogP contribution in [0.5, 0.6) is 5.75 Å². The molecule has 0 aliphatic carbocycles. The molecule has 0 spiro atoms. The van der Waals surface area contributed by atoms with Crippen molar-refractivity contribution in [1.82, 2.24) is 10.3 Å². The van der Waals surface area contributed by atoms with Crippen molar-refractivity contribution in [3.05, 3.63) is 47.7 Å². The third-order valence-electron chi connectivity index (χ3n) is 5.01. The Balaban J connectivity index is 1.39. The van der Waals surface area contributed by atoms with Crippen molar-refractivity contribution in [1.29, 1.82) is 0 Å². The van der Waals surface area contributed by atoms with Crippen molar-refractivity contribution in [3.63, 3.8) is 0 Å². The number of anilines is 2. The van der Waals surface area contributed by atoms with Crippen LogP contribution in [-0.4, -0.2) is 30.7 Å². The lowest BCUT2D eigenvalue weighted by Gasteiger charge is -2.27. The lowest BCUT2D eigenvalue weighted by atomic mass is 9.98. The summed E-state index contributed by atoms with van der Waals surface area (Å²) in [7, 11) is 0. The van der Waals surface area contributed by atoms with Gasteiger partial charge >= 0.3 is 6.03 Å². The maximum atomic E-state index is 12.4. The van der Waals surface area contributed by atoms with Gasteiger partial charge in [-0.25, -0.2) is 9.78 Å². The van der Waals surface area contributed by atoms with Crippen LogP contribution in [0.2, 0.25) is 0 Å². The normalized spacial score (nSPS) is 18.8. The van der Waals surface area contributed by atoms with Crippen LogP contribution in [0.1, 0.15) is 36.4 Å². The first-order valence-electron chi connectivity index (χ1n) is 9.21. The first-order valence-corrected chi connectivity index (χ1v) is 9.21. The average molecular weight is 352 g/mol. The first kappa shape index (κ1) is 16.7. The number of nitrogens with one attached hydrogen (secondary N) is 2. The van der Waals surface area contributed by atoms with E-state index in [2.05, 4.69) is 20.5 Å². The fourth-order valence-electron chi connectivity index (χ4n) is 3.65. The first-order chi connectivity index (χ1) is 12.7. The number of nitrogens with zero attached hydrogens (tertiary/aromatic N) is 2. The molecular weight excluding hydrogens is 328 g/mol. The largest absolute Gasteiger partial charge is 0.493 e. The summed E-state index contributed by atoms with van der Waals surface area (Å²) < 4.78 is 5.76. The number of hydrogen-bond acceptors (Lipinski definition) is 4. The Kier molecular flexibility index (Phi) is 4.65. The van der Waals surface area contributed by atoms with Gasteiger partial charge in [0.1, 0.15) is 11.6 Å². The maximum Gasteiger partial charge on any atom is 0.319 e. The number of rotatable bonds is 3. The molecular formula is C20H24N4O2. The van der Waals surface area contributed by atoms with E-state index in [0.29, 0.717) is 12.3 Å². The monoisotopic (exact) mass is 352 g/mol. The highest BCUT2D eigenvalue weighted by molar-refractivity contribution is 5.89. The van der Waals surface area contributed by atoms with Crippen LogP contribution in [0.4, 0.5) is 16.3 Å². The summed E-state index contributed by atoms with van der Waals surface area (Å²) in [6.45, 7) is 4.75. The summed E-state index contributed by atoms with van der Waals surface area (Å²) in [5.74, 6) is 1.86. The molecule has 1 fully saturated rings. The minimum atomic E-state index is -0.222. The molecule has 1 saturated heterocycles. The summed E-state index contributed by atoms with van der Waals surface area (Å²) >= 11 is 0. The molecule has 1 atom stereocenters. The smallest absolute Gasteiger partial charge is 0.319 e. The second-order valence-electron chi connectivity index (χ2n) is 6.88. The second-order valence-corrected chi connectivity index (χ2v) is 6.88. The minimum absolute atomic E-state index is 0.0458. The van der Waals surface area contributed by atoms with E-state index in [9.17, 15) is 4.79 Å². The van der Waals surface area contributed by atoms with Gasteiger partial charge in [0.15, 0.2) is 0 Å². The summed E-state index contributed by atoms with van der Waals surface area (Å²) in [5.41, 5.74) is 2.83. The van der Waals surface area contributed by atoms with Gasteiger partial charge in [-0.05, 0) is 37.5 Å². The molecule has 2 aromatic rings. The van der Waals surface area contributed by atoms with E-state index in [1.54, 1.807) is 6.20 Å². The Bertz CT molecular complexity index is 785. The fourth-order valence-corrected chi connectivity index (χ4v) is 3.65. The SMILES string of the molecule is Cc1cccc2c1OCC[C@H]2NC(=O)Nc1ccc(N2CCCC2)nc1. The molecule has 6 heteroatoms. The molecule has 2 aliphatic rings. The number of ether oxygens (including phenoxy) is 1. The summed E-state index contributed by atoms with van der Waals surface area (Å²) in [5, 5.41) is 5.93. The predicted molar refractivity (Wildman–Crippen MR) is 102 cm³/mol. The van der Waals surface area contributed by atoms with Crippen LogP contribution < -0.4 is 20.3 Å². The summed E-state index contributed by atoms with van der Waals surface area (Å²) in [6, 6.07) is 9.64. The number of aryl methyl sites for hydroxylation is 1. The molecule has 6 nitrogen and oxygen atoms in total. The highest BCUT2D eigenvalue weighted by Crippen LogP contribution is 2.34. The van der Waals surface area contributed by atoms with Gasteiger partial charge in [-0.3, -0.25) is 0 Å². The van der Waals surface area contributed by atoms with E-state index >= 15 is 0 Å². The lowest BCUT2D eigenvalue weighted by molar-refractivity contribution is 0.231. The van der Waals surface area contributed by atoms with E-state index < -0.39 is 0 Å². The number of pyridine rings is 1. The zero-order chi connectivity index (χ0) is 17.9. The van der Waals surface area contributed by atoms with Crippen molar-refractivity contribution in [2.75, 3.05) is 29.9 Å². The Morgan fingerprint density at radius 3 is 2.85 bits per heavy atom. The van der Waals surface area contributed by atoms with Crippen LogP contribution in [0.3, 0.4) is 0 Å². The Hall–Kier alpha value is -2.76. The third kappa shape index (κ3) is 3.45. The molecule has 0 radical (unpaired) electrons. The molecule has 2 aliphatic heterocycles. The number of fused-ring (bicyclic) bond motifs is 1. The van der Waals surface area contributed by atoms with Gasteiger partial charge in [0.05, 0.1) is 24.5 Å². The number of carbonyl (C=O) groups is 1. The van der Waals surface area contributed by atoms with E-state index in [1.165, 1.54) is 12.8 Å². The number of carbonyl (C=O) groups excluding carboxylic acids is 1. The zero-order valence-electron chi connectivity index (χ0n) is 15.0. The van der Waals surface area contributed by atoms with Crippen LogP contribution in [0.15, 0.2) is 36.5 Å². The molecule has 2 amide bonds. The van der Waals surface area contributed by atoms with Crippen LogP contribution in [0.25, 0.3) is 0 Å². The molecule has 1 aromatic heterocycles. The van der Waals surface area contributed by atoms with Crippen LogP contribution in [0, 0.1) is 6.92 Å². The number of urea groups is 1. The van der Waals surface area contributed by atoms with Gasteiger partial charge in [0.25, 0.3) is 0 Å². The maximum absolute atomic E-state index is 12.4. The molecule has 0 unspecified atom stereocenters. The van der Waals surface area contributed by atoms with Gasteiger partial charge in [-0.15, -0.1) is 0 Å². The molecule has 4 rings (SSSR count). The summed E-state index contributed by atoms with van der Waals surface area (Å²) in [4.78, 5) is 19.2. The Labute approximate surface area is 153 Å². The van der Waals surface area contributed by atoms with Crippen molar-refractivity contribution in [3.8, 4) is 5.75 Å². The standard InChI is InChI=1S/C20H24N4O2/c1-14-5-4-6-16-17(9-12-26-19(14)16)23-20(25)22-15-7-8-18(21-13-15)24-10-2-3-11-24/h4-8,13,17H,2-3,9-12H2,1H3,(H2,22,23,25)/t17-/m1/s1.